The average molecular weight is 347 g/mol. The molecule has 0 spiro atoms. The van der Waals surface area contributed by atoms with Crippen molar-refractivity contribution in [2.24, 2.45) is 0 Å². The van der Waals surface area contributed by atoms with Gasteiger partial charge in [0.2, 0.25) is 11.8 Å². The fourth-order valence-electron chi connectivity index (χ4n) is 1.63. The van der Waals surface area contributed by atoms with Crippen LogP contribution in [0.3, 0.4) is 0 Å². The predicted octanol–water partition coefficient (Wildman–Crippen LogP) is 1.14. The normalized spacial score (nSPS) is 11.3. The summed E-state index contributed by atoms with van der Waals surface area (Å²) < 4.78 is 24.1. The number of halogens is 1. The van der Waals surface area contributed by atoms with Crippen molar-refractivity contribution < 1.29 is 18.0 Å². The smallest absolute Gasteiger partial charge is 0.239 e. The highest BCUT2D eigenvalue weighted by molar-refractivity contribution is 7.91. The van der Waals surface area contributed by atoms with Gasteiger partial charge in [0.25, 0.3) is 0 Å². The zero-order valence-corrected chi connectivity index (χ0v) is 14.0. The number of rotatable bonds is 7. The molecule has 0 aliphatic heterocycles. The van der Waals surface area contributed by atoms with Crippen molar-refractivity contribution in [3.63, 3.8) is 0 Å². The first-order valence-electron chi connectivity index (χ1n) is 6.75. The topological polar surface area (TPSA) is 92.3 Å². The highest BCUT2D eigenvalue weighted by atomic mass is 35.5. The van der Waals surface area contributed by atoms with Crippen LogP contribution in [-0.4, -0.2) is 38.6 Å². The summed E-state index contributed by atoms with van der Waals surface area (Å²) in [6.07, 6.45) is -0.208. The molecule has 0 aliphatic rings. The second kappa shape index (κ2) is 8.14. The first kappa shape index (κ1) is 18.4. The van der Waals surface area contributed by atoms with Gasteiger partial charge in [-0.3, -0.25) is 9.59 Å². The molecule has 22 heavy (non-hydrogen) atoms. The van der Waals surface area contributed by atoms with E-state index in [1.54, 1.807) is 13.8 Å². The summed E-state index contributed by atoms with van der Waals surface area (Å²) in [7, 11) is -3.55. The van der Waals surface area contributed by atoms with Gasteiger partial charge in [-0.2, -0.15) is 0 Å². The summed E-state index contributed by atoms with van der Waals surface area (Å²) in [6, 6.07) is 5.72. The van der Waals surface area contributed by atoms with E-state index in [1.165, 1.54) is 24.3 Å². The molecule has 0 fully saturated rings. The lowest BCUT2D eigenvalue weighted by Gasteiger charge is -2.09. The highest BCUT2D eigenvalue weighted by Crippen LogP contribution is 2.15. The Hall–Kier alpha value is -1.60. The number of hydrogen-bond donors (Lipinski definition) is 2. The van der Waals surface area contributed by atoms with Gasteiger partial charge >= 0.3 is 0 Å². The molecule has 2 N–H and O–H groups in total. The van der Waals surface area contributed by atoms with E-state index in [1.807, 2.05) is 0 Å². The van der Waals surface area contributed by atoms with Crippen LogP contribution in [0.5, 0.6) is 0 Å². The first-order chi connectivity index (χ1) is 10.2. The number of carbonyl (C=O) groups excluding carboxylic acids is 2. The number of amides is 2. The Morgan fingerprint density at radius 2 is 1.73 bits per heavy atom. The maximum atomic E-state index is 12.0. The molecule has 0 aliphatic carbocycles. The summed E-state index contributed by atoms with van der Waals surface area (Å²) in [5, 5.41) is 5.44. The number of carbonyl (C=O) groups is 2. The fraction of sp³-hybridized carbons (Fsp3) is 0.429. The van der Waals surface area contributed by atoms with Crippen LogP contribution in [0.25, 0.3) is 0 Å². The number of hydrogen-bond acceptors (Lipinski definition) is 4. The van der Waals surface area contributed by atoms with Gasteiger partial charge in [0.15, 0.2) is 9.84 Å². The Morgan fingerprint density at radius 3 is 2.27 bits per heavy atom. The van der Waals surface area contributed by atoms with E-state index in [0.717, 1.165) is 0 Å². The fourth-order valence-corrected chi connectivity index (χ4v) is 2.99. The lowest BCUT2D eigenvalue weighted by Crippen LogP contribution is -2.40. The molecular formula is C14H19ClN2O4S. The number of nitrogens with one attached hydrogen (secondary N) is 2. The van der Waals surface area contributed by atoms with Gasteiger partial charge in [-0.15, -0.1) is 0 Å². The van der Waals surface area contributed by atoms with Gasteiger partial charge in [-0.05, 0) is 38.1 Å². The molecular weight excluding hydrogens is 328 g/mol. The molecule has 8 heteroatoms. The predicted molar refractivity (Wildman–Crippen MR) is 84.4 cm³/mol. The average Bonchev–Trinajstić information content (AvgIpc) is 2.43. The molecule has 0 atom stereocenters. The zero-order valence-electron chi connectivity index (χ0n) is 12.4. The standard InChI is InChI=1S/C14H19ClN2O4S/c1-10(2)17-14(19)9-16-13(18)7-8-22(20,21)12-5-3-11(15)4-6-12/h3-6,10H,7-9H2,1-2H3,(H,16,18)(H,17,19). The Balaban J connectivity index is 2.46. The van der Waals surface area contributed by atoms with Gasteiger partial charge in [0.1, 0.15) is 0 Å². The third-order valence-electron chi connectivity index (χ3n) is 2.67. The van der Waals surface area contributed by atoms with Gasteiger partial charge in [-0.1, -0.05) is 11.6 Å². The van der Waals surface area contributed by atoms with Gasteiger partial charge in [0.05, 0.1) is 17.2 Å². The van der Waals surface area contributed by atoms with Crippen LogP contribution in [-0.2, 0) is 19.4 Å². The van der Waals surface area contributed by atoms with Crippen LogP contribution in [0.4, 0.5) is 0 Å². The van der Waals surface area contributed by atoms with Crippen LogP contribution in [0.15, 0.2) is 29.2 Å². The number of benzene rings is 1. The summed E-state index contributed by atoms with van der Waals surface area (Å²) >= 11 is 5.70. The molecule has 0 radical (unpaired) electrons. The maximum Gasteiger partial charge on any atom is 0.239 e. The molecule has 0 saturated carbocycles. The summed E-state index contributed by atoms with van der Waals surface area (Å²) in [5.74, 6) is -1.13. The van der Waals surface area contributed by atoms with Gasteiger partial charge in [-0.25, -0.2) is 8.42 Å². The Kier molecular flexibility index (Phi) is 6.83. The largest absolute Gasteiger partial charge is 0.352 e. The van der Waals surface area contributed by atoms with Crippen LogP contribution in [0.2, 0.25) is 5.02 Å². The van der Waals surface area contributed by atoms with E-state index >= 15 is 0 Å². The van der Waals surface area contributed by atoms with Crippen LogP contribution >= 0.6 is 11.6 Å². The minimum Gasteiger partial charge on any atom is -0.352 e. The quantitative estimate of drug-likeness (QED) is 0.774. The molecule has 1 rings (SSSR count). The minimum atomic E-state index is -3.55. The molecule has 0 saturated heterocycles. The van der Waals surface area contributed by atoms with E-state index in [-0.39, 0.29) is 35.6 Å². The third-order valence-corrected chi connectivity index (χ3v) is 4.65. The number of sulfone groups is 1. The van der Waals surface area contributed by atoms with Crippen molar-refractivity contribution >= 4 is 33.3 Å². The Morgan fingerprint density at radius 1 is 1.14 bits per heavy atom. The van der Waals surface area contributed by atoms with Gasteiger partial charge in [0, 0.05) is 17.5 Å². The summed E-state index contributed by atoms with van der Waals surface area (Å²) in [6.45, 7) is 3.44. The van der Waals surface area contributed by atoms with Crippen molar-refractivity contribution in [3.05, 3.63) is 29.3 Å². The van der Waals surface area contributed by atoms with E-state index in [0.29, 0.717) is 5.02 Å². The first-order valence-corrected chi connectivity index (χ1v) is 8.78. The van der Waals surface area contributed by atoms with Crippen molar-refractivity contribution in [3.8, 4) is 0 Å². The maximum absolute atomic E-state index is 12.0. The lowest BCUT2D eigenvalue weighted by atomic mass is 10.4. The summed E-state index contributed by atoms with van der Waals surface area (Å²) in [5.41, 5.74) is 0. The van der Waals surface area contributed by atoms with Crippen LogP contribution < -0.4 is 10.6 Å². The zero-order chi connectivity index (χ0) is 16.8. The molecule has 122 valence electrons. The van der Waals surface area contributed by atoms with Crippen molar-refractivity contribution in [1.29, 1.82) is 0 Å². The molecule has 0 aromatic heterocycles. The Labute approximate surface area is 135 Å². The molecule has 2 amide bonds. The van der Waals surface area contributed by atoms with Gasteiger partial charge < -0.3 is 10.6 Å². The SMILES string of the molecule is CC(C)NC(=O)CNC(=O)CCS(=O)(=O)c1ccc(Cl)cc1. The van der Waals surface area contributed by atoms with Crippen molar-refractivity contribution in [2.75, 3.05) is 12.3 Å². The van der Waals surface area contributed by atoms with E-state index in [9.17, 15) is 18.0 Å². The molecule has 0 heterocycles. The van der Waals surface area contributed by atoms with E-state index in [2.05, 4.69) is 10.6 Å². The molecule has 6 nitrogen and oxygen atoms in total. The molecule has 1 aromatic carbocycles. The van der Waals surface area contributed by atoms with E-state index in [4.69, 9.17) is 11.6 Å². The third kappa shape index (κ3) is 6.44. The van der Waals surface area contributed by atoms with E-state index < -0.39 is 15.7 Å². The van der Waals surface area contributed by atoms with Crippen LogP contribution in [0, 0.1) is 0 Å². The highest BCUT2D eigenvalue weighted by Gasteiger charge is 2.16. The molecule has 0 unspecified atom stereocenters. The lowest BCUT2D eigenvalue weighted by molar-refractivity contribution is -0.126. The molecule has 1 aromatic rings. The Bertz CT molecular complexity index is 627. The van der Waals surface area contributed by atoms with Crippen LogP contribution in [0.1, 0.15) is 20.3 Å². The monoisotopic (exact) mass is 346 g/mol. The van der Waals surface area contributed by atoms with Crippen molar-refractivity contribution in [1.82, 2.24) is 10.6 Å². The van der Waals surface area contributed by atoms with Crippen molar-refractivity contribution in [2.45, 2.75) is 31.2 Å². The second-order valence-electron chi connectivity index (χ2n) is 5.02. The molecule has 0 bridgehead atoms. The second-order valence-corrected chi connectivity index (χ2v) is 7.57. The minimum absolute atomic E-state index is 0.0188. The summed E-state index contributed by atoms with van der Waals surface area (Å²) in [4.78, 5) is 23.1.